The van der Waals surface area contributed by atoms with Crippen LogP contribution in [0, 0.1) is 6.92 Å². The quantitative estimate of drug-likeness (QED) is 0.839. The van der Waals surface area contributed by atoms with Gasteiger partial charge >= 0.3 is 0 Å². The molecule has 1 unspecified atom stereocenters. The monoisotopic (exact) mass is 300 g/mol. The van der Waals surface area contributed by atoms with Gasteiger partial charge in [0.15, 0.2) is 0 Å². The van der Waals surface area contributed by atoms with Crippen molar-refractivity contribution in [3.63, 3.8) is 0 Å². The maximum Gasteiger partial charge on any atom is 0.230 e. The van der Waals surface area contributed by atoms with Gasteiger partial charge in [-0.15, -0.1) is 24.2 Å². The van der Waals surface area contributed by atoms with Crippen molar-refractivity contribution in [1.29, 1.82) is 0 Å². The van der Waals surface area contributed by atoms with E-state index in [9.17, 15) is 4.79 Å². The molecule has 2 N–H and O–H groups in total. The summed E-state index contributed by atoms with van der Waals surface area (Å²) in [6.07, 6.45) is 2.24. The maximum absolute atomic E-state index is 11.8. The standard InChI is InChI=1S/C14H20N2OS.ClH/c1-11-4-6-13(7-5-11)18-10-14(17)16-12-3-2-8-15-9-12;/h4-7,12,15H,2-3,8-10H2,1H3,(H,16,17);1H. The molecule has 1 atom stereocenters. The Kier molecular flexibility index (Phi) is 7.28. The Morgan fingerprint density at radius 1 is 1.42 bits per heavy atom. The fourth-order valence-electron chi connectivity index (χ4n) is 2.03. The van der Waals surface area contributed by atoms with Gasteiger partial charge in [-0.05, 0) is 38.4 Å². The van der Waals surface area contributed by atoms with Crippen LogP contribution in [-0.4, -0.2) is 30.8 Å². The molecule has 1 aromatic carbocycles. The Morgan fingerprint density at radius 3 is 2.79 bits per heavy atom. The molecule has 1 aromatic rings. The van der Waals surface area contributed by atoms with Gasteiger partial charge in [-0.3, -0.25) is 4.79 Å². The Hall–Kier alpha value is -0.710. The van der Waals surface area contributed by atoms with Gasteiger partial charge in [0, 0.05) is 17.5 Å². The molecule has 1 heterocycles. The highest BCUT2D eigenvalue weighted by Crippen LogP contribution is 2.17. The number of halogens is 1. The van der Waals surface area contributed by atoms with E-state index in [1.54, 1.807) is 11.8 Å². The lowest BCUT2D eigenvalue weighted by Crippen LogP contribution is -2.46. The first kappa shape index (κ1) is 16.3. The smallest absolute Gasteiger partial charge is 0.230 e. The SMILES string of the molecule is Cc1ccc(SCC(=O)NC2CCCNC2)cc1.Cl. The summed E-state index contributed by atoms with van der Waals surface area (Å²) in [6, 6.07) is 8.59. The number of hydrogen-bond acceptors (Lipinski definition) is 3. The number of aryl methyl sites for hydroxylation is 1. The third kappa shape index (κ3) is 5.85. The molecule has 0 spiro atoms. The summed E-state index contributed by atoms with van der Waals surface area (Å²) >= 11 is 1.59. The van der Waals surface area contributed by atoms with E-state index in [4.69, 9.17) is 0 Å². The van der Waals surface area contributed by atoms with E-state index < -0.39 is 0 Å². The van der Waals surface area contributed by atoms with Crippen molar-refractivity contribution >= 4 is 30.1 Å². The van der Waals surface area contributed by atoms with Crippen LogP contribution in [0.1, 0.15) is 18.4 Å². The van der Waals surface area contributed by atoms with Gasteiger partial charge in [0.25, 0.3) is 0 Å². The molecule has 5 heteroatoms. The number of carbonyl (C=O) groups excluding carboxylic acids is 1. The minimum Gasteiger partial charge on any atom is -0.351 e. The Morgan fingerprint density at radius 2 is 2.16 bits per heavy atom. The molecule has 106 valence electrons. The predicted octanol–water partition coefficient (Wildman–Crippen LogP) is 2.38. The number of nitrogens with one attached hydrogen (secondary N) is 2. The van der Waals surface area contributed by atoms with E-state index in [1.165, 1.54) is 5.56 Å². The zero-order chi connectivity index (χ0) is 12.8. The van der Waals surface area contributed by atoms with E-state index in [2.05, 4.69) is 41.8 Å². The Bertz CT molecular complexity index is 391. The van der Waals surface area contributed by atoms with E-state index in [0.717, 1.165) is 30.8 Å². The fourth-order valence-corrected chi connectivity index (χ4v) is 2.74. The lowest BCUT2D eigenvalue weighted by molar-refractivity contribution is -0.119. The number of hydrogen-bond donors (Lipinski definition) is 2. The molecule has 19 heavy (non-hydrogen) atoms. The molecule has 0 radical (unpaired) electrons. The molecule has 2 rings (SSSR count). The summed E-state index contributed by atoms with van der Waals surface area (Å²) in [4.78, 5) is 12.9. The van der Waals surface area contributed by atoms with Crippen molar-refractivity contribution in [3.8, 4) is 0 Å². The van der Waals surface area contributed by atoms with Crippen LogP contribution in [0.15, 0.2) is 29.2 Å². The van der Waals surface area contributed by atoms with Crippen LogP contribution in [0.5, 0.6) is 0 Å². The topological polar surface area (TPSA) is 41.1 Å². The number of carbonyl (C=O) groups is 1. The van der Waals surface area contributed by atoms with Gasteiger partial charge in [-0.2, -0.15) is 0 Å². The maximum atomic E-state index is 11.8. The average molecular weight is 301 g/mol. The van der Waals surface area contributed by atoms with Crippen LogP contribution in [0.25, 0.3) is 0 Å². The zero-order valence-corrected chi connectivity index (χ0v) is 12.8. The van der Waals surface area contributed by atoms with E-state index in [0.29, 0.717) is 11.8 Å². The summed E-state index contributed by atoms with van der Waals surface area (Å²) in [5.41, 5.74) is 1.25. The summed E-state index contributed by atoms with van der Waals surface area (Å²) in [6.45, 7) is 4.04. The molecule has 3 nitrogen and oxygen atoms in total. The molecule has 0 aliphatic carbocycles. The van der Waals surface area contributed by atoms with Crippen molar-refractivity contribution in [2.24, 2.45) is 0 Å². The lowest BCUT2D eigenvalue weighted by atomic mass is 10.1. The predicted molar refractivity (Wildman–Crippen MR) is 83.2 cm³/mol. The third-order valence-corrected chi connectivity index (χ3v) is 4.06. The molecule has 1 fully saturated rings. The van der Waals surface area contributed by atoms with Gasteiger partial charge in [-0.1, -0.05) is 17.7 Å². The largest absolute Gasteiger partial charge is 0.351 e. The van der Waals surface area contributed by atoms with Crippen LogP contribution >= 0.6 is 24.2 Å². The second-order valence-electron chi connectivity index (χ2n) is 4.71. The van der Waals surface area contributed by atoms with Gasteiger partial charge in [0.2, 0.25) is 5.91 Å². The molecule has 1 saturated heterocycles. The van der Waals surface area contributed by atoms with Crippen molar-refractivity contribution in [3.05, 3.63) is 29.8 Å². The number of benzene rings is 1. The number of piperidine rings is 1. The van der Waals surface area contributed by atoms with Crippen molar-refractivity contribution < 1.29 is 4.79 Å². The van der Waals surface area contributed by atoms with Crippen LogP contribution in [0.3, 0.4) is 0 Å². The first-order chi connectivity index (χ1) is 8.74. The van der Waals surface area contributed by atoms with E-state index >= 15 is 0 Å². The minimum atomic E-state index is 0. The van der Waals surface area contributed by atoms with Gasteiger partial charge in [0.1, 0.15) is 0 Å². The van der Waals surface area contributed by atoms with Gasteiger partial charge in [0.05, 0.1) is 5.75 Å². The molecule has 1 aliphatic heterocycles. The molecular formula is C14H21ClN2OS. The molecule has 0 aromatic heterocycles. The average Bonchev–Trinajstić information content (AvgIpc) is 2.39. The zero-order valence-electron chi connectivity index (χ0n) is 11.1. The fraction of sp³-hybridized carbons (Fsp3) is 0.500. The highest BCUT2D eigenvalue weighted by molar-refractivity contribution is 8.00. The first-order valence-electron chi connectivity index (χ1n) is 6.43. The third-order valence-electron chi connectivity index (χ3n) is 3.05. The highest BCUT2D eigenvalue weighted by Gasteiger charge is 2.14. The summed E-state index contributed by atoms with van der Waals surface area (Å²) < 4.78 is 0. The second-order valence-corrected chi connectivity index (χ2v) is 5.76. The van der Waals surface area contributed by atoms with Crippen LogP contribution < -0.4 is 10.6 Å². The van der Waals surface area contributed by atoms with Crippen molar-refractivity contribution in [1.82, 2.24) is 10.6 Å². The summed E-state index contributed by atoms with van der Waals surface area (Å²) in [5, 5.41) is 6.38. The number of thioether (sulfide) groups is 1. The van der Waals surface area contributed by atoms with Crippen molar-refractivity contribution in [2.75, 3.05) is 18.8 Å². The van der Waals surface area contributed by atoms with E-state index in [1.807, 2.05) is 0 Å². The minimum absolute atomic E-state index is 0. The van der Waals surface area contributed by atoms with E-state index in [-0.39, 0.29) is 18.3 Å². The number of rotatable bonds is 4. The molecule has 0 bridgehead atoms. The molecule has 0 saturated carbocycles. The van der Waals surface area contributed by atoms with Gasteiger partial charge < -0.3 is 10.6 Å². The van der Waals surface area contributed by atoms with Crippen LogP contribution in [0.4, 0.5) is 0 Å². The van der Waals surface area contributed by atoms with Crippen LogP contribution in [-0.2, 0) is 4.79 Å². The second kappa shape index (κ2) is 8.46. The molecular weight excluding hydrogens is 280 g/mol. The van der Waals surface area contributed by atoms with Gasteiger partial charge in [-0.25, -0.2) is 0 Å². The Labute approximate surface area is 125 Å². The van der Waals surface area contributed by atoms with Crippen molar-refractivity contribution in [2.45, 2.75) is 30.7 Å². The highest BCUT2D eigenvalue weighted by atomic mass is 35.5. The summed E-state index contributed by atoms with van der Waals surface area (Å²) in [5.74, 6) is 0.633. The van der Waals surface area contributed by atoms with Crippen LogP contribution in [0.2, 0.25) is 0 Å². The summed E-state index contributed by atoms with van der Waals surface area (Å²) in [7, 11) is 0. The number of amides is 1. The lowest BCUT2D eigenvalue weighted by Gasteiger charge is -2.23. The molecule has 1 amide bonds. The molecule has 1 aliphatic rings. The Balaban J connectivity index is 0.00000180. The first-order valence-corrected chi connectivity index (χ1v) is 7.42. The normalized spacial score (nSPS) is 18.5.